The lowest BCUT2D eigenvalue weighted by Crippen LogP contribution is -2.57. The van der Waals surface area contributed by atoms with Gasteiger partial charge in [-0.15, -0.1) is 11.3 Å². The maximum absolute atomic E-state index is 14.1. The molecule has 2 N–H and O–H groups in total. The summed E-state index contributed by atoms with van der Waals surface area (Å²) in [5, 5.41) is 15.0. The van der Waals surface area contributed by atoms with Crippen molar-refractivity contribution in [1.82, 2.24) is 5.32 Å². The number of anilines is 1. The SMILES string of the molecule is COC(=O)C1(Cc2ccc(O)cc2)NC(c2cccs2)C2C(=O)N(c3ccc4c(c3)OCCO4)C(=O)C21. The number of nitrogens with one attached hydrogen (secondary N) is 1. The van der Waals surface area contributed by atoms with Crippen molar-refractivity contribution in [3.8, 4) is 17.2 Å². The van der Waals surface area contributed by atoms with Crippen LogP contribution in [-0.4, -0.2) is 48.8 Å². The van der Waals surface area contributed by atoms with Crippen LogP contribution in [0.2, 0.25) is 0 Å². The van der Waals surface area contributed by atoms with Gasteiger partial charge in [0.05, 0.1) is 30.7 Å². The summed E-state index contributed by atoms with van der Waals surface area (Å²) >= 11 is 1.45. The van der Waals surface area contributed by atoms with E-state index in [9.17, 15) is 19.5 Å². The van der Waals surface area contributed by atoms with Crippen molar-refractivity contribution in [3.63, 3.8) is 0 Å². The number of fused-ring (bicyclic) bond motifs is 2. The molecule has 0 radical (unpaired) electrons. The van der Waals surface area contributed by atoms with Crippen molar-refractivity contribution < 1.29 is 33.7 Å². The Hall–Kier alpha value is -3.89. The van der Waals surface area contributed by atoms with E-state index in [4.69, 9.17) is 14.2 Å². The maximum atomic E-state index is 14.1. The number of esters is 1. The Kier molecular flexibility index (Phi) is 5.65. The van der Waals surface area contributed by atoms with Crippen molar-refractivity contribution >= 4 is 34.8 Å². The number of phenols is 1. The lowest BCUT2D eigenvalue weighted by Gasteiger charge is -2.32. The van der Waals surface area contributed by atoms with E-state index in [0.717, 1.165) is 9.78 Å². The molecule has 2 amide bonds. The first-order valence-electron chi connectivity index (χ1n) is 11.9. The largest absolute Gasteiger partial charge is 0.508 e. The van der Waals surface area contributed by atoms with Gasteiger partial charge in [0.2, 0.25) is 11.8 Å². The molecule has 2 saturated heterocycles. The van der Waals surface area contributed by atoms with Crippen LogP contribution in [0.25, 0.3) is 0 Å². The highest BCUT2D eigenvalue weighted by molar-refractivity contribution is 7.10. The number of carbonyl (C=O) groups excluding carboxylic acids is 3. The highest BCUT2D eigenvalue weighted by Crippen LogP contribution is 2.52. The van der Waals surface area contributed by atoms with E-state index in [2.05, 4.69) is 5.32 Å². The monoisotopic (exact) mass is 520 g/mol. The number of thiophene rings is 1. The average molecular weight is 521 g/mol. The van der Waals surface area contributed by atoms with Crippen molar-refractivity contribution in [2.45, 2.75) is 18.0 Å². The fraction of sp³-hybridized carbons (Fsp3) is 0.296. The zero-order valence-corrected chi connectivity index (χ0v) is 20.7. The summed E-state index contributed by atoms with van der Waals surface area (Å²) < 4.78 is 16.5. The average Bonchev–Trinajstić information content (AvgIpc) is 3.62. The Morgan fingerprint density at radius 1 is 1.11 bits per heavy atom. The molecule has 3 aromatic rings. The van der Waals surface area contributed by atoms with Crippen LogP contribution >= 0.6 is 11.3 Å². The first-order valence-corrected chi connectivity index (χ1v) is 12.8. The standard InChI is InChI=1S/C27H24N2O7S/c1-34-26(33)27(14-15-4-7-17(30)8-5-15)22-21(23(28-27)20-3-2-12-37-20)24(31)29(25(22)32)16-6-9-18-19(13-16)36-11-10-35-18/h2-9,12-13,21-23,28,30H,10-11,14H2,1H3. The van der Waals surface area contributed by atoms with Crippen molar-refractivity contribution in [2.75, 3.05) is 25.2 Å². The zero-order chi connectivity index (χ0) is 25.7. The molecule has 4 atom stereocenters. The van der Waals surface area contributed by atoms with Crippen molar-refractivity contribution in [3.05, 3.63) is 70.4 Å². The Bertz CT molecular complexity index is 1370. The molecule has 10 heteroatoms. The Labute approximate surface area is 216 Å². The Morgan fingerprint density at radius 3 is 2.57 bits per heavy atom. The zero-order valence-electron chi connectivity index (χ0n) is 19.9. The molecular formula is C27H24N2O7S. The summed E-state index contributed by atoms with van der Waals surface area (Å²) in [4.78, 5) is 43.6. The van der Waals surface area contributed by atoms with Crippen LogP contribution in [0.15, 0.2) is 60.0 Å². The van der Waals surface area contributed by atoms with Crippen LogP contribution in [0.5, 0.6) is 17.2 Å². The first-order chi connectivity index (χ1) is 17.9. The first kappa shape index (κ1) is 23.5. The second-order valence-corrected chi connectivity index (χ2v) is 10.3. The van der Waals surface area contributed by atoms with Gasteiger partial charge < -0.3 is 19.3 Å². The second-order valence-electron chi connectivity index (χ2n) is 9.29. The van der Waals surface area contributed by atoms with E-state index in [1.54, 1.807) is 30.3 Å². The Morgan fingerprint density at radius 2 is 1.86 bits per heavy atom. The minimum absolute atomic E-state index is 0.0847. The molecule has 2 fully saturated rings. The van der Waals surface area contributed by atoms with Gasteiger partial charge in [0.1, 0.15) is 24.5 Å². The molecule has 3 aliphatic heterocycles. The number of imide groups is 1. The number of aromatic hydroxyl groups is 1. The molecule has 0 aliphatic carbocycles. The number of rotatable bonds is 5. The molecule has 0 spiro atoms. The van der Waals surface area contributed by atoms with Gasteiger partial charge in [0.25, 0.3) is 0 Å². The number of benzene rings is 2. The highest BCUT2D eigenvalue weighted by atomic mass is 32.1. The van der Waals surface area contributed by atoms with Crippen molar-refractivity contribution in [2.24, 2.45) is 11.8 Å². The van der Waals surface area contributed by atoms with E-state index >= 15 is 0 Å². The molecule has 4 unspecified atom stereocenters. The Balaban J connectivity index is 1.47. The van der Waals surface area contributed by atoms with Gasteiger partial charge in [-0.25, -0.2) is 4.90 Å². The fourth-order valence-corrected chi connectivity index (χ4v) is 6.50. The molecule has 4 heterocycles. The summed E-state index contributed by atoms with van der Waals surface area (Å²) in [6.07, 6.45) is 0.0942. The topological polar surface area (TPSA) is 114 Å². The summed E-state index contributed by atoms with van der Waals surface area (Å²) in [5.41, 5.74) is -0.429. The molecule has 190 valence electrons. The van der Waals surface area contributed by atoms with E-state index in [0.29, 0.717) is 36.0 Å². The maximum Gasteiger partial charge on any atom is 0.327 e. The van der Waals surface area contributed by atoms with Crippen LogP contribution in [0.3, 0.4) is 0 Å². The van der Waals surface area contributed by atoms with E-state index in [1.807, 2.05) is 17.5 Å². The van der Waals surface area contributed by atoms with Gasteiger partial charge in [-0.3, -0.25) is 19.7 Å². The number of ether oxygens (including phenoxy) is 3. The summed E-state index contributed by atoms with van der Waals surface area (Å²) in [6.45, 7) is 0.789. The van der Waals surface area contributed by atoms with Crippen LogP contribution in [0, 0.1) is 11.8 Å². The number of hydrogen-bond donors (Lipinski definition) is 2. The van der Waals surface area contributed by atoms with Gasteiger partial charge in [0, 0.05) is 17.4 Å². The van der Waals surface area contributed by atoms with E-state index in [-0.39, 0.29) is 12.2 Å². The van der Waals surface area contributed by atoms with Crippen LogP contribution in [0.4, 0.5) is 5.69 Å². The fourth-order valence-electron chi connectivity index (χ4n) is 5.68. The van der Waals surface area contributed by atoms with Crippen molar-refractivity contribution in [1.29, 1.82) is 0 Å². The smallest absolute Gasteiger partial charge is 0.327 e. The normalized spacial score (nSPS) is 26.3. The minimum Gasteiger partial charge on any atom is -0.508 e. The molecule has 9 nitrogen and oxygen atoms in total. The molecule has 37 heavy (non-hydrogen) atoms. The molecule has 6 rings (SSSR count). The van der Waals surface area contributed by atoms with Gasteiger partial charge in [-0.1, -0.05) is 18.2 Å². The number of methoxy groups -OCH3 is 1. The number of phenolic OH excluding ortho intramolecular Hbond substituents is 1. The van der Waals surface area contributed by atoms with Gasteiger partial charge >= 0.3 is 5.97 Å². The van der Waals surface area contributed by atoms with Gasteiger partial charge in [-0.2, -0.15) is 0 Å². The van der Waals surface area contributed by atoms with Crippen LogP contribution in [0.1, 0.15) is 16.5 Å². The predicted molar refractivity (Wildman–Crippen MR) is 134 cm³/mol. The highest BCUT2D eigenvalue weighted by Gasteiger charge is 2.69. The molecular weight excluding hydrogens is 496 g/mol. The predicted octanol–water partition coefficient (Wildman–Crippen LogP) is 2.83. The molecule has 0 saturated carbocycles. The number of hydrogen-bond acceptors (Lipinski definition) is 9. The number of carbonyl (C=O) groups is 3. The summed E-state index contributed by atoms with van der Waals surface area (Å²) in [7, 11) is 1.27. The lowest BCUT2D eigenvalue weighted by molar-refractivity contribution is -0.152. The lowest BCUT2D eigenvalue weighted by atomic mass is 9.76. The summed E-state index contributed by atoms with van der Waals surface area (Å²) in [6, 6.07) is 14.6. The third-order valence-electron chi connectivity index (χ3n) is 7.26. The summed E-state index contributed by atoms with van der Waals surface area (Å²) in [5.74, 6) is -2.25. The minimum atomic E-state index is -1.50. The van der Waals surface area contributed by atoms with Gasteiger partial charge in [0.15, 0.2) is 11.5 Å². The molecule has 1 aromatic heterocycles. The van der Waals surface area contributed by atoms with E-state index < -0.39 is 41.2 Å². The third-order valence-corrected chi connectivity index (χ3v) is 8.21. The number of amides is 2. The van der Waals surface area contributed by atoms with Crippen LogP contribution < -0.4 is 19.7 Å². The van der Waals surface area contributed by atoms with Crippen LogP contribution in [-0.2, 0) is 25.5 Å². The quantitative estimate of drug-likeness (QED) is 0.390. The molecule has 3 aliphatic rings. The second kappa shape index (κ2) is 8.89. The number of nitrogens with zero attached hydrogens (tertiary/aromatic N) is 1. The third kappa shape index (κ3) is 3.67. The molecule has 0 bridgehead atoms. The van der Waals surface area contributed by atoms with E-state index in [1.165, 1.54) is 30.6 Å². The van der Waals surface area contributed by atoms with Gasteiger partial charge in [-0.05, 0) is 41.3 Å². The molecule has 2 aromatic carbocycles.